The Balaban J connectivity index is 2.23. The number of nitrogens with one attached hydrogen (secondary N) is 1. The van der Waals surface area contributed by atoms with Crippen molar-refractivity contribution in [3.8, 4) is 0 Å². The molecule has 2 N–H and O–H groups in total. The summed E-state index contributed by atoms with van der Waals surface area (Å²) < 4.78 is 10.9. The van der Waals surface area contributed by atoms with Crippen molar-refractivity contribution in [3.63, 3.8) is 0 Å². The molecule has 9 heteroatoms. The van der Waals surface area contributed by atoms with Gasteiger partial charge in [0.1, 0.15) is 11.8 Å². The molecule has 2 aromatic rings. The summed E-state index contributed by atoms with van der Waals surface area (Å²) in [5.74, 6) is -1.28. The molecule has 0 aliphatic rings. The Bertz CT molecular complexity index is 783. The van der Waals surface area contributed by atoms with E-state index in [2.05, 4.69) is 5.32 Å². The predicted molar refractivity (Wildman–Crippen MR) is 94.6 cm³/mol. The molecular formula is C18H20N2O7. The minimum Gasteiger partial charge on any atom is -0.478 e. The SMILES string of the molecule is CC(C)COCC(NC(=O)c1cc(C(=O)O)cc([N+](=O)[O-])c1)c1ccco1. The summed E-state index contributed by atoms with van der Waals surface area (Å²) in [6, 6.07) is 5.70. The van der Waals surface area contributed by atoms with Crippen LogP contribution in [0.5, 0.6) is 0 Å². The summed E-state index contributed by atoms with van der Waals surface area (Å²) in [4.78, 5) is 34.0. The Hall–Kier alpha value is -3.20. The van der Waals surface area contributed by atoms with Gasteiger partial charge in [-0.1, -0.05) is 13.8 Å². The number of carbonyl (C=O) groups excluding carboxylic acids is 1. The quantitative estimate of drug-likeness (QED) is 0.508. The largest absolute Gasteiger partial charge is 0.478 e. The highest BCUT2D eigenvalue weighted by molar-refractivity contribution is 5.98. The van der Waals surface area contributed by atoms with E-state index in [-0.39, 0.29) is 17.7 Å². The summed E-state index contributed by atoms with van der Waals surface area (Å²) in [7, 11) is 0. The molecule has 0 saturated carbocycles. The number of amides is 1. The molecular weight excluding hydrogens is 356 g/mol. The molecule has 0 radical (unpaired) electrons. The zero-order valence-corrected chi connectivity index (χ0v) is 14.9. The minimum atomic E-state index is -1.37. The summed E-state index contributed by atoms with van der Waals surface area (Å²) in [5.41, 5.74) is -0.965. The number of ether oxygens (including phenoxy) is 1. The number of hydrogen-bond acceptors (Lipinski definition) is 6. The molecule has 0 saturated heterocycles. The smallest absolute Gasteiger partial charge is 0.335 e. The Labute approximate surface area is 155 Å². The van der Waals surface area contributed by atoms with Crippen molar-refractivity contribution in [2.75, 3.05) is 13.2 Å². The number of non-ortho nitro benzene ring substituents is 1. The summed E-state index contributed by atoms with van der Waals surface area (Å²) in [6.45, 7) is 4.58. The van der Waals surface area contributed by atoms with Crippen molar-refractivity contribution in [2.45, 2.75) is 19.9 Å². The zero-order valence-electron chi connectivity index (χ0n) is 14.9. The highest BCUT2D eigenvalue weighted by atomic mass is 16.6. The maximum atomic E-state index is 12.6. The third-order valence-corrected chi connectivity index (χ3v) is 3.57. The second-order valence-electron chi connectivity index (χ2n) is 6.30. The fraction of sp³-hybridized carbons (Fsp3) is 0.333. The standard InChI is InChI=1S/C18H20N2O7/c1-11(2)9-26-10-15(16-4-3-5-27-16)19-17(21)12-6-13(18(22)23)8-14(7-12)20(24)25/h3-8,11,15H,9-10H2,1-2H3,(H,19,21)(H,22,23). The Kier molecular flexibility index (Phi) is 6.67. The van der Waals surface area contributed by atoms with Gasteiger partial charge in [-0.3, -0.25) is 14.9 Å². The van der Waals surface area contributed by atoms with E-state index in [9.17, 15) is 19.7 Å². The molecule has 2 rings (SSSR count). The third kappa shape index (κ3) is 5.65. The number of carbonyl (C=O) groups is 2. The van der Waals surface area contributed by atoms with E-state index < -0.39 is 28.5 Å². The van der Waals surface area contributed by atoms with Gasteiger partial charge in [0, 0.05) is 24.3 Å². The lowest BCUT2D eigenvalue weighted by Crippen LogP contribution is -2.32. The van der Waals surface area contributed by atoms with E-state index in [0.29, 0.717) is 18.3 Å². The molecule has 27 heavy (non-hydrogen) atoms. The molecule has 144 valence electrons. The Morgan fingerprint density at radius 1 is 1.26 bits per heavy atom. The van der Waals surface area contributed by atoms with Crippen molar-refractivity contribution >= 4 is 17.6 Å². The summed E-state index contributed by atoms with van der Waals surface area (Å²) in [6.07, 6.45) is 1.45. The molecule has 1 amide bonds. The average molecular weight is 376 g/mol. The number of aromatic carboxylic acids is 1. The first kappa shape index (κ1) is 20.1. The molecule has 0 fully saturated rings. The molecule has 1 aromatic heterocycles. The van der Waals surface area contributed by atoms with E-state index in [1.807, 2.05) is 13.8 Å². The lowest BCUT2D eigenvalue weighted by Gasteiger charge is -2.18. The number of nitrogens with zero attached hydrogens (tertiary/aromatic N) is 1. The van der Waals surface area contributed by atoms with Crippen molar-refractivity contribution in [3.05, 3.63) is 63.6 Å². The number of carboxylic acid groups (broad SMARTS) is 1. The van der Waals surface area contributed by atoms with Crippen LogP contribution in [0.25, 0.3) is 0 Å². The Morgan fingerprint density at radius 2 is 1.96 bits per heavy atom. The number of rotatable bonds is 9. The first-order valence-electron chi connectivity index (χ1n) is 8.22. The number of nitro benzene ring substituents is 1. The topological polar surface area (TPSA) is 132 Å². The fourth-order valence-corrected chi connectivity index (χ4v) is 2.32. The van der Waals surface area contributed by atoms with Crippen LogP contribution < -0.4 is 5.32 Å². The minimum absolute atomic E-state index is 0.137. The van der Waals surface area contributed by atoms with Crippen molar-refractivity contribution in [1.29, 1.82) is 0 Å². The van der Waals surface area contributed by atoms with Gasteiger partial charge in [-0.2, -0.15) is 0 Å². The fourth-order valence-electron chi connectivity index (χ4n) is 2.32. The van der Waals surface area contributed by atoms with Gasteiger partial charge in [0.15, 0.2) is 0 Å². The van der Waals surface area contributed by atoms with Crippen LogP contribution >= 0.6 is 0 Å². The number of nitro groups is 1. The number of benzene rings is 1. The lowest BCUT2D eigenvalue weighted by molar-refractivity contribution is -0.384. The number of carboxylic acids is 1. The van der Waals surface area contributed by atoms with E-state index in [1.54, 1.807) is 12.1 Å². The molecule has 1 unspecified atom stereocenters. The van der Waals surface area contributed by atoms with Gasteiger partial charge in [-0.15, -0.1) is 0 Å². The second-order valence-corrected chi connectivity index (χ2v) is 6.30. The molecule has 1 heterocycles. The van der Waals surface area contributed by atoms with Crippen LogP contribution in [0.3, 0.4) is 0 Å². The van der Waals surface area contributed by atoms with Crippen molar-refractivity contribution < 1.29 is 28.8 Å². The summed E-state index contributed by atoms with van der Waals surface area (Å²) in [5, 5.41) is 22.8. The van der Waals surface area contributed by atoms with Gasteiger partial charge in [0.2, 0.25) is 0 Å². The molecule has 0 aliphatic heterocycles. The first-order chi connectivity index (χ1) is 12.8. The monoisotopic (exact) mass is 376 g/mol. The van der Waals surface area contributed by atoms with Crippen LogP contribution in [-0.4, -0.2) is 35.1 Å². The van der Waals surface area contributed by atoms with Crippen LogP contribution in [0, 0.1) is 16.0 Å². The average Bonchev–Trinajstić information content (AvgIpc) is 3.14. The second kappa shape index (κ2) is 8.95. The van der Waals surface area contributed by atoms with Gasteiger partial charge in [-0.05, 0) is 24.1 Å². The van der Waals surface area contributed by atoms with Crippen LogP contribution in [0.4, 0.5) is 5.69 Å². The maximum absolute atomic E-state index is 12.6. The van der Waals surface area contributed by atoms with Crippen LogP contribution in [0.2, 0.25) is 0 Å². The van der Waals surface area contributed by atoms with Crippen molar-refractivity contribution in [2.24, 2.45) is 5.92 Å². The molecule has 0 bridgehead atoms. The van der Waals surface area contributed by atoms with Gasteiger partial charge in [-0.25, -0.2) is 4.79 Å². The van der Waals surface area contributed by atoms with E-state index >= 15 is 0 Å². The van der Waals surface area contributed by atoms with Gasteiger partial charge >= 0.3 is 5.97 Å². The van der Waals surface area contributed by atoms with E-state index in [4.69, 9.17) is 14.3 Å². The molecule has 1 aromatic carbocycles. The van der Waals surface area contributed by atoms with Gasteiger partial charge < -0.3 is 19.6 Å². The van der Waals surface area contributed by atoms with Crippen LogP contribution in [-0.2, 0) is 4.74 Å². The van der Waals surface area contributed by atoms with Crippen molar-refractivity contribution in [1.82, 2.24) is 5.32 Å². The zero-order chi connectivity index (χ0) is 20.0. The van der Waals surface area contributed by atoms with Gasteiger partial charge in [0.25, 0.3) is 11.6 Å². The Morgan fingerprint density at radius 3 is 2.52 bits per heavy atom. The molecule has 1 atom stereocenters. The predicted octanol–water partition coefficient (Wildman–Crippen LogP) is 3.03. The van der Waals surface area contributed by atoms with Crippen LogP contribution in [0.1, 0.15) is 46.4 Å². The van der Waals surface area contributed by atoms with E-state index in [0.717, 1.165) is 18.2 Å². The number of furan rings is 1. The molecule has 0 spiro atoms. The highest BCUT2D eigenvalue weighted by Gasteiger charge is 2.22. The van der Waals surface area contributed by atoms with Crippen LogP contribution in [0.15, 0.2) is 41.0 Å². The van der Waals surface area contributed by atoms with E-state index in [1.165, 1.54) is 6.26 Å². The normalized spacial score (nSPS) is 12.0. The first-order valence-corrected chi connectivity index (χ1v) is 8.22. The highest BCUT2D eigenvalue weighted by Crippen LogP contribution is 2.20. The summed E-state index contributed by atoms with van der Waals surface area (Å²) >= 11 is 0. The van der Waals surface area contributed by atoms with Gasteiger partial charge in [0.05, 0.1) is 23.4 Å². The number of hydrogen-bond donors (Lipinski definition) is 2. The molecule has 9 nitrogen and oxygen atoms in total. The lowest BCUT2D eigenvalue weighted by atomic mass is 10.1. The maximum Gasteiger partial charge on any atom is 0.335 e. The molecule has 0 aliphatic carbocycles. The third-order valence-electron chi connectivity index (χ3n) is 3.57.